The molecule has 0 aliphatic rings. The van der Waals surface area contributed by atoms with Gasteiger partial charge in [-0.1, -0.05) is 25.9 Å². The standard InChI is InChI=1S/C11H17N3O4S/c1-11(2,3)18-10(16)13-9-12-8(6-19-9)7(5-15)14-17-4/h6,15H,5H2,1-4H3,(H,12,13,16)/p-1. The molecule has 1 rings (SSSR count). The molecule has 7 nitrogen and oxygen atoms in total. The molecule has 0 atom stereocenters. The van der Waals surface area contributed by atoms with Crippen LogP contribution in [-0.2, 0) is 9.57 Å². The fourth-order valence-corrected chi connectivity index (χ4v) is 1.76. The molecule has 1 aromatic heterocycles. The molecule has 0 aliphatic heterocycles. The number of aliphatic hydroxyl groups is 1. The lowest BCUT2D eigenvalue weighted by molar-refractivity contribution is -0.259. The number of thiazole rings is 1. The third-order valence-corrected chi connectivity index (χ3v) is 2.45. The van der Waals surface area contributed by atoms with Crippen LogP contribution in [0, 0.1) is 0 Å². The highest BCUT2D eigenvalue weighted by atomic mass is 32.1. The van der Waals surface area contributed by atoms with E-state index in [0.29, 0.717) is 5.69 Å². The lowest BCUT2D eigenvalue weighted by atomic mass is 10.2. The van der Waals surface area contributed by atoms with Gasteiger partial charge in [-0.2, -0.15) is 0 Å². The van der Waals surface area contributed by atoms with Gasteiger partial charge in [-0.3, -0.25) is 0 Å². The molecule has 0 fully saturated rings. The molecule has 1 aromatic rings. The van der Waals surface area contributed by atoms with Crippen molar-refractivity contribution in [3.05, 3.63) is 11.1 Å². The van der Waals surface area contributed by atoms with Gasteiger partial charge in [0.05, 0.1) is 6.61 Å². The van der Waals surface area contributed by atoms with Crippen molar-refractivity contribution >= 4 is 28.3 Å². The smallest absolute Gasteiger partial charge is 0.211 e. The molecule has 0 saturated carbocycles. The number of rotatable bonds is 4. The minimum Gasteiger partial charge on any atom is -0.594 e. The summed E-state index contributed by atoms with van der Waals surface area (Å²) in [4.78, 5) is 12.3. The van der Waals surface area contributed by atoms with Gasteiger partial charge in [-0.05, 0) is 0 Å². The number of hydrogen-bond donors (Lipinski definition) is 1. The normalized spacial score (nSPS) is 13.5. The van der Waals surface area contributed by atoms with Crippen LogP contribution in [0.1, 0.15) is 26.5 Å². The summed E-state index contributed by atoms with van der Waals surface area (Å²) in [5, 5.41) is 26.0. The lowest BCUT2D eigenvalue weighted by Crippen LogP contribution is -2.31. The molecule has 0 aromatic carbocycles. The monoisotopic (exact) mass is 286 g/mol. The van der Waals surface area contributed by atoms with E-state index in [1.54, 1.807) is 26.2 Å². The van der Waals surface area contributed by atoms with E-state index >= 15 is 0 Å². The van der Waals surface area contributed by atoms with Gasteiger partial charge in [0.2, 0.25) is 5.13 Å². The zero-order chi connectivity index (χ0) is 14.5. The van der Waals surface area contributed by atoms with E-state index < -0.39 is 11.7 Å². The van der Waals surface area contributed by atoms with E-state index in [9.17, 15) is 5.11 Å². The van der Waals surface area contributed by atoms with Crippen LogP contribution >= 0.6 is 11.3 Å². The first-order valence-corrected chi connectivity index (χ1v) is 6.35. The van der Waals surface area contributed by atoms with Gasteiger partial charge in [0.15, 0.2) is 6.08 Å². The van der Waals surface area contributed by atoms with Crippen LogP contribution in [0.15, 0.2) is 15.5 Å². The molecule has 19 heavy (non-hydrogen) atoms. The van der Waals surface area contributed by atoms with Gasteiger partial charge in [-0.25, -0.2) is 9.98 Å². The lowest BCUT2D eigenvalue weighted by Gasteiger charge is -2.29. The van der Waals surface area contributed by atoms with E-state index in [1.807, 2.05) is 0 Å². The summed E-state index contributed by atoms with van der Waals surface area (Å²) in [6.45, 7) is 4.94. The van der Waals surface area contributed by atoms with Crippen molar-refractivity contribution in [1.29, 1.82) is 0 Å². The van der Waals surface area contributed by atoms with Crippen molar-refractivity contribution in [1.82, 2.24) is 4.98 Å². The Hall–Kier alpha value is -1.67. The number of hydrogen-bond acceptors (Lipinski definition) is 8. The second-order valence-corrected chi connectivity index (χ2v) is 5.32. The Morgan fingerprint density at radius 3 is 2.74 bits per heavy atom. The molecule has 0 saturated heterocycles. The van der Waals surface area contributed by atoms with Crippen LogP contribution in [-0.4, -0.2) is 41.2 Å². The predicted molar refractivity (Wildman–Crippen MR) is 70.7 cm³/mol. The summed E-state index contributed by atoms with van der Waals surface area (Å²) >= 11 is 1.15. The fourth-order valence-electron chi connectivity index (χ4n) is 1.08. The molecule has 0 spiro atoms. The zero-order valence-corrected chi connectivity index (χ0v) is 12.0. The van der Waals surface area contributed by atoms with Crippen LogP contribution in [0.3, 0.4) is 0 Å². The average molecular weight is 286 g/mol. The van der Waals surface area contributed by atoms with Crippen LogP contribution in [0.5, 0.6) is 0 Å². The Kier molecular flexibility index (Phi) is 5.25. The number of oxime groups is 1. The minimum atomic E-state index is -0.706. The van der Waals surface area contributed by atoms with Gasteiger partial charge in [0.1, 0.15) is 18.5 Å². The number of aliphatic imine (C=N–C) groups is 1. The molecular formula is C11H16N3O4S-. The van der Waals surface area contributed by atoms with Crippen molar-refractivity contribution in [2.45, 2.75) is 26.4 Å². The van der Waals surface area contributed by atoms with E-state index in [0.717, 1.165) is 11.3 Å². The van der Waals surface area contributed by atoms with E-state index in [1.165, 1.54) is 7.11 Å². The van der Waals surface area contributed by atoms with Crippen LogP contribution in [0.2, 0.25) is 0 Å². The highest BCUT2D eigenvalue weighted by Crippen LogP contribution is 2.20. The topological polar surface area (TPSA) is 99.4 Å². The molecule has 0 unspecified atom stereocenters. The molecule has 0 radical (unpaired) electrons. The highest BCUT2D eigenvalue weighted by Gasteiger charge is 2.09. The van der Waals surface area contributed by atoms with Crippen molar-refractivity contribution in [2.75, 3.05) is 13.7 Å². The predicted octanol–water partition coefficient (Wildman–Crippen LogP) is 0.649. The SMILES string of the molecule is CON=C(CO)c1csc(/N=C(\[O-])OC(C)(C)C)n1. The maximum Gasteiger partial charge on any atom is 0.211 e. The molecule has 8 heteroatoms. The van der Waals surface area contributed by atoms with Crippen molar-refractivity contribution < 1.29 is 19.8 Å². The molecule has 1 N–H and O–H groups in total. The summed E-state index contributed by atoms with van der Waals surface area (Å²) in [7, 11) is 1.37. The van der Waals surface area contributed by atoms with Crippen molar-refractivity contribution in [2.24, 2.45) is 10.1 Å². The van der Waals surface area contributed by atoms with Gasteiger partial charge >= 0.3 is 0 Å². The Morgan fingerprint density at radius 2 is 2.21 bits per heavy atom. The minimum absolute atomic E-state index is 0.238. The maximum absolute atomic E-state index is 11.5. The first kappa shape index (κ1) is 15.4. The number of aliphatic hydroxyl groups excluding tert-OH is 1. The summed E-state index contributed by atoms with van der Waals surface area (Å²) in [5.74, 6) is 0. The van der Waals surface area contributed by atoms with Crippen molar-refractivity contribution in [3.8, 4) is 0 Å². The van der Waals surface area contributed by atoms with E-state index in [-0.39, 0.29) is 17.5 Å². The maximum atomic E-state index is 11.5. The summed E-state index contributed by atoms with van der Waals surface area (Å²) < 4.78 is 5.04. The van der Waals surface area contributed by atoms with Crippen LogP contribution < -0.4 is 5.11 Å². The molecular weight excluding hydrogens is 270 g/mol. The van der Waals surface area contributed by atoms with Gasteiger partial charge in [0.25, 0.3) is 0 Å². The first-order chi connectivity index (χ1) is 8.85. The quantitative estimate of drug-likeness (QED) is 0.497. The summed E-state index contributed by atoms with van der Waals surface area (Å²) in [6.07, 6.45) is -0.706. The average Bonchev–Trinajstić information content (AvgIpc) is 2.71. The van der Waals surface area contributed by atoms with Crippen LogP contribution in [0.4, 0.5) is 5.13 Å². The molecule has 0 amide bonds. The van der Waals surface area contributed by atoms with Gasteiger partial charge < -0.3 is 19.8 Å². The van der Waals surface area contributed by atoms with Gasteiger partial charge in [-0.15, -0.1) is 11.3 Å². The highest BCUT2D eigenvalue weighted by molar-refractivity contribution is 7.13. The second-order valence-electron chi connectivity index (χ2n) is 4.49. The third kappa shape index (κ3) is 5.23. The summed E-state index contributed by atoms with van der Waals surface area (Å²) in [5.41, 5.74) is 0.0788. The van der Waals surface area contributed by atoms with E-state index in [4.69, 9.17) is 9.84 Å². The van der Waals surface area contributed by atoms with Gasteiger partial charge in [0, 0.05) is 11.0 Å². The number of nitrogens with zero attached hydrogens (tertiary/aromatic N) is 3. The Balaban J connectivity index is 2.85. The Morgan fingerprint density at radius 1 is 1.53 bits per heavy atom. The molecule has 106 valence electrons. The first-order valence-electron chi connectivity index (χ1n) is 5.47. The summed E-state index contributed by atoms with van der Waals surface area (Å²) in [6, 6.07) is 0. The number of aromatic nitrogens is 1. The Bertz CT molecular complexity index is 477. The van der Waals surface area contributed by atoms with E-state index in [2.05, 4.69) is 20.0 Å². The third-order valence-electron chi connectivity index (χ3n) is 1.72. The fraction of sp³-hybridized carbons (Fsp3) is 0.545. The largest absolute Gasteiger partial charge is 0.594 e. The number of ether oxygens (including phenoxy) is 1. The molecule has 0 aliphatic carbocycles. The Labute approximate surface area is 115 Å². The molecule has 0 bridgehead atoms. The molecule has 1 heterocycles. The van der Waals surface area contributed by atoms with Crippen molar-refractivity contribution in [3.63, 3.8) is 0 Å². The second kappa shape index (κ2) is 6.48. The van der Waals surface area contributed by atoms with Crippen LogP contribution in [0.25, 0.3) is 0 Å². The zero-order valence-electron chi connectivity index (χ0n) is 11.2.